The summed E-state index contributed by atoms with van der Waals surface area (Å²) in [5.74, 6) is 2.10. The zero-order valence-corrected chi connectivity index (χ0v) is 14.4. The molecule has 0 atom stereocenters. The van der Waals surface area contributed by atoms with Crippen LogP contribution in [0.25, 0.3) is 0 Å². The monoisotopic (exact) mass is 311 g/mol. The molecule has 0 aromatic heterocycles. The number of halogens is 1. The number of benzene rings is 1. The van der Waals surface area contributed by atoms with Crippen molar-refractivity contribution in [2.45, 2.75) is 63.4 Å². The minimum Gasteiger partial charge on any atom is -0.308 e. The van der Waals surface area contributed by atoms with Gasteiger partial charge in [-0.2, -0.15) is 0 Å². The zero-order valence-electron chi connectivity index (χ0n) is 12.8. The van der Waals surface area contributed by atoms with Gasteiger partial charge in [-0.15, -0.1) is 11.8 Å². The van der Waals surface area contributed by atoms with Crippen molar-refractivity contribution in [3.63, 3.8) is 0 Å². The van der Waals surface area contributed by atoms with E-state index in [-0.39, 0.29) is 5.54 Å². The summed E-state index contributed by atoms with van der Waals surface area (Å²) >= 11 is 8.37. The predicted octanol–water partition coefficient (Wildman–Crippen LogP) is 5.51. The standard InChI is InChI=1S/C17H26ClNS/c1-17(2,3)19-11-14-9-6-10-15(18)16(14)20-12-13-7-4-5-8-13/h6,9-10,13,19H,4-5,7-8,11-12H2,1-3H3. The lowest BCUT2D eigenvalue weighted by atomic mass is 10.1. The van der Waals surface area contributed by atoms with E-state index in [4.69, 9.17) is 11.6 Å². The Balaban J connectivity index is 2.01. The summed E-state index contributed by atoms with van der Waals surface area (Å²) in [6.07, 6.45) is 5.61. The average Bonchev–Trinajstić information content (AvgIpc) is 2.87. The van der Waals surface area contributed by atoms with Gasteiger partial charge in [0.05, 0.1) is 5.02 Å². The first-order valence-electron chi connectivity index (χ1n) is 7.61. The van der Waals surface area contributed by atoms with E-state index < -0.39 is 0 Å². The molecule has 0 heterocycles. The summed E-state index contributed by atoms with van der Waals surface area (Å²) in [6, 6.07) is 6.27. The molecular weight excluding hydrogens is 286 g/mol. The smallest absolute Gasteiger partial charge is 0.0545 e. The van der Waals surface area contributed by atoms with Crippen LogP contribution in [0.15, 0.2) is 23.1 Å². The van der Waals surface area contributed by atoms with Crippen molar-refractivity contribution in [1.29, 1.82) is 0 Å². The number of rotatable bonds is 5. The maximum Gasteiger partial charge on any atom is 0.0545 e. The topological polar surface area (TPSA) is 12.0 Å². The maximum absolute atomic E-state index is 6.42. The Bertz CT molecular complexity index is 433. The molecule has 0 aliphatic heterocycles. The van der Waals surface area contributed by atoms with Crippen molar-refractivity contribution in [3.8, 4) is 0 Å². The van der Waals surface area contributed by atoms with Crippen molar-refractivity contribution in [2.24, 2.45) is 5.92 Å². The van der Waals surface area contributed by atoms with Crippen molar-refractivity contribution >= 4 is 23.4 Å². The molecule has 1 saturated carbocycles. The van der Waals surface area contributed by atoms with Crippen LogP contribution in [0.3, 0.4) is 0 Å². The van der Waals surface area contributed by atoms with Crippen LogP contribution in [0.1, 0.15) is 52.0 Å². The molecule has 3 heteroatoms. The van der Waals surface area contributed by atoms with Crippen LogP contribution >= 0.6 is 23.4 Å². The zero-order chi connectivity index (χ0) is 14.6. The molecular formula is C17H26ClNS. The van der Waals surface area contributed by atoms with E-state index >= 15 is 0 Å². The molecule has 1 aliphatic carbocycles. The van der Waals surface area contributed by atoms with Crippen LogP contribution in [0, 0.1) is 5.92 Å². The van der Waals surface area contributed by atoms with Gasteiger partial charge in [0.15, 0.2) is 0 Å². The molecule has 112 valence electrons. The van der Waals surface area contributed by atoms with Gasteiger partial charge in [0.25, 0.3) is 0 Å². The molecule has 0 spiro atoms. The van der Waals surface area contributed by atoms with Crippen LogP contribution < -0.4 is 5.32 Å². The third-order valence-electron chi connectivity index (χ3n) is 3.80. The highest BCUT2D eigenvalue weighted by atomic mass is 35.5. The number of hydrogen-bond acceptors (Lipinski definition) is 2. The van der Waals surface area contributed by atoms with E-state index in [9.17, 15) is 0 Å². The van der Waals surface area contributed by atoms with Crippen LogP contribution in [0.2, 0.25) is 5.02 Å². The SMILES string of the molecule is CC(C)(C)NCc1cccc(Cl)c1SCC1CCCC1. The molecule has 1 aromatic carbocycles. The van der Waals surface area contributed by atoms with E-state index in [1.807, 2.05) is 17.8 Å². The van der Waals surface area contributed by atoms with E-state index in [1.165, 1.54) is 41.9 Å². The highest BCUT2D eigenvalue weighted by Gasteiger charge is 2.17. The van der Waals surface area contributed by atoms with Gasteiger partial charge in [0.2, 0.25) is 0 Å². The van der Waals surface area contributed by atoms with Gasteiger partial charge in [-0.1, -0.05) is 36.6 Å². The quantitative estimate of drug-likeness (QED) is 0.719. The molecule has 20 heavy (non-hydrogen) atoms. The number of thioether (sulfide) groups is 1. The molecule has 1 nitrogen and oxygen atoms in total. The lowest BCUT2D eigenvalue weighted by Gasteiger charge is -2.22. The summed E-state index contributed by atoms with van der Waals surface area (Å²) in [5, 5.41) is 4.47. The number of nitrogens with one attached hydrogen (secondary N) is 1. The Kier molecular flexibility index (Phi) is 5.83. The van der Waals surface area contributed by atoms with E-state index in [0.717, 1.165) is 17.5 Å². The second-order valence-corrected chi connectivity index (χ2v) is 8.23. The lowest BCUT2D eigenvalue weighted by Crippen LogP contribution is -2.35. The first-order valence-corrected chi connectivity index (χ1v) is 8.97. The fourth-order valence-corrected chi connectivity index (χ4v) is 4.22. The summed E-state index contributed by atoms with van der Waals surface area (Å²) in [5.41, 5.74) is 1.46. The van der Waals surface area contributed by atoms with Gasteiger partial charge >= 0.3 is 0 Å². The van der Waals surface area contributed by atoms with Crippen LogP contribution in [0.4, 0.5) is 0 Å². The second kappa shape index (κ2) is 7.20. The molecule has 0 unspecified atom stereocenters. The molecule has 1 aromatic rings. The van der Waals surface area contributed by atoms with Gasteiger partial charge in [-0.3, -0.25) is 0 Å². The summed E-state index contributed by atoms with van der Waals surface area (Å²) < 4.78 is 0. The highest BCUT2D eigenvalue weighted by Crippen LogP contribution is 2.36. The largest absolute Gasteiger partial charge is 0.308 e. The molecule has 0 bridgehead atoms. The van der Waals surface area contributed by atoms with Crippen molar-refractivity contribution in [1.82, 2.24) is 5.32 Å². The Morgan fingerprint density at radius 2 is 1.95 bits per heavy atom. The van der Waals surface area contributed by atoms with E-state index in [1.54, 1.807) is 0 Å². The van der Waals surface area contributed by atoms with Crippen LogP contribution in [-0.2, 0) is 6.54 Å². The summed E-state index contributed by atoms with van der Waals surface area (Å²) in [7, 11) is 0. The normalized spacial score (nSPS) is 16.8. The minimum atomic E-state index is 0.135. The predicted molar refractivity (Wildman–Crippen MR) is 90.7 cm³/mol. The van der Waals surface area contributed by atoms with Crippen molar-refractivity contribution in [3.05, 3.63) is 28.8 Å². The fourth-order valence-electron chi connectivity index (χ4n) is 2.59. The van der Waals surface area contributed by atoms with Crippen LogP contribution in [0.5, 0.6) is 0 Å². The molecule has 1 fully saturated rings. The third kappa shape index (κ3) is 4.98. The van der Waals surface area contributed by atoms with Gasteiger partial charge in [-0.05, 0) is 51.2 Å². The lowest BCUT2D eigenvalue weighted by molar-refractivity contribution is 0.422. The Morgan fingerprint density at radius 3 is 2.60 bits per heavy atom. The van der Waals surface area contributed by atoms with E-state index in [0.29, 0.717) is 0 Å². The third-order valence-corrected chi connectivity index (χ3v) is 5.63. The second-order valence-electron chi connectivity index (χ2n) is 6.79. The Labute approximate surface area is 132 Å². The highest BCUT2D eigenvalue weighted by molar-refractivity contribution is 7.99. The van der Waals surface area contributed by atoms with Gasteiger partial charge in [0.1, 0.15) is 0 Å². The van der Waals surface area contributed by atoms with Crippen LogP contribution in [-0.4, -0.2) is 11.3 Å². The van der Waals surface area contributed by atoms with Crippen molar-refractivity contribution in [2.75, 3.05) is 5.75 Å². The van der Waals surface area contributed by atoms with Crippen molar-refractivity contribution < 1.29 is 0 Å². The number of hydrogen-bond donors (Lipinski definition) is 1. The molecule has 2 rings (SSSR count). The average molecular weight is 312 g/mol. The molecule has 1 N–H and O–H groups in total. The molecule has 1 aliphatic rings. The Morgan fingerprint density at radius 1 is 1.25 bits per heavy atom. The van der Waals surface area contributed by atoms with Gasteiger partial charge < -0.3 is 5.32 Å². The fraction of sp³-hybridized carbons (Fsp3) is 0.647. The van der Waals surface area contributed by atoms with Gasteiger partial charge in [-0.25, -0.2) is 0 Å². The summed E-state index contributed by atoms with van der Waals surface area (Å²) in [6.45, 7) is 7.48. The molecule has 0 amide bonds. The van der Waals surface area contributed by atoms with E-state index in [2.05, 4.69) is 38.2 Å². The molecule has 0 radical (unpaired) electrons. The first kappa shape index (κ1) is 16.2. The Hall–Kier alpha value is -0.180. The first-order chi connectivity index (χ1) is 9.46. The minimum absolute atomic E-state index is 0.135. The maximum atomic E-state index is 6.42. The van der Waals surface area contributed by atoms with Gasteiger partial charge in [0, 0.05) is 22.7 Å². The summed E-state index contributed by atoms with van der Waals surface area (Å²) in [4.78, 5) is 1.28. The molecule has 0 saturated heterocycles.